The maximum absolute atomic E-state index is 12.7. The number of hydrogen-bond donors (Lipinski definition) is 0. The molecule has 4 nitrogen and oxygen atoms in total. The Balaban J connectivity index is 2.09. The number of ether oxygens (including phenoxy) is 1. The zero-order valence-corrected chi connectivity index (χ0v) is 12.5. The number of halogens is 1. The van der Waals surface area contributed by atoms with E-state index in [-0.39, 0.29) is 10.6 Å². The molecule has 1 aliphatic rings. The number of para-hydroxylation sites is 2. The Morgan fingerprint density at radius 1 is 0.909 bits per heavy atom. The van der Waals surface area contributed by atoms with Crippen LogP contribution >= 0.6 is 11.6 Å². The molecule has 0 radical (unpaired) electrons. The number of nitrogens with zero attached hydrogens (tertiary/aromatic N) is 1. The highest BCUT2D eigenvalue weighted by Gasteiger charge is 2.40. The summed E-state index contributed by atoms with van der Waals surface area (Å²) in [5, 5.41) is -0.0814. The minimum Gasteiger partial charge on any atom is -0.495 e. The fourth-order valence-electron chi connectivity index (χ4n) is 2.39. The Labute approximate surface area is 132 Å². The lowest BCUT2D eigenvalue weighted by Gasteiger charge is -2.17. The van der Waals surface area contributed by atoms with E-state index in [9.17, 15) is 9.59 Å². The molecule has 0 N–H and O–H groups in total. The van der Waals surface area contributed by atoms with Crippen LogP contribution in [0.15, 0.2) is 59.6 Å². The summed E-state index contributed by atoms with van der Waals surface area (Å²) in [5.74, 6) is -0.566. The third-order valence-corrected chi connectivity index (χ3v) is 3.77. The van der Waals surface area contributed by atoms with Gasteiger partial charge in [-0.2, -0.15) is 0 Å². The van der Waals surface area contributed by atoms with Crippen LogP contribution < -0.4 is 9.64 Å². The van der Waals surface area contributed by atoms with Gasteiger partial charge >= 0.3 is 0 Å². The summed E-state index contributed by atoms with van der Waals surface area (Å²) in [5.41, 5.74) is 1.20. The molecule has 0 aliphatic carbocycles. The van der Waals surface area contributed by atoms with Crippen LogP contribution in [0.3, 0.4) is 0 Å². The van der Waals surface area contributed by atoms with Crippen molar-refractivity contribution in [1.29, 1.82) is 0 Å². The first-order valence-electron chi connectivity index (χ1n) is 6.62. The average molecular weight is 314 g/mol. The van der Waals surface area contributed by atoms with Crippen LogP contribution in [0.1, 0.15) is 5.56 Å². The molecule has 110 valence electrons. The Kier molecular flexibility index (Phi) is 3.69. The van der Waals surface area contributed by atoms with Crippen LogP contribution in [0.2, 0.25) is 0 Å². The predicted molar refractivity (Wildman–Crippen MR) is 84.7 cm³/mol. The van der Waals surface area contributed by atoms with E-state index >= 15 is 0 Å². The third kappa shape index (κ3) is 2.18. The lowest BCUT2D eigenvalue weighted by molar-refractivity contribution is -0.119. The number of benzene rings is 2. The molecule has 5 heteroatoms. The van der Waals surface area contributed by atoms with Crippen molar-refractivity contribution in [3.8, 4) is 5.75 Å². The first-order chi connectivity index (χ1) is 10.6. The summed E-state index contributed by atoms with van der Waals surface area (Å²) in [6, 6.07) is 15.7. The number of carbonyl (C=O) groups is 2. The maximum atomic E-state index is 12.7. The van der Waals surface area contributed by atoms with E-state index in [0.29, 0.717) is 17.0 Å². The molecule has 0 saturated heterocycles. The third-order valence-electron chi connectivity index (χ3n) is 3.42. The van der Waals surface area contributed by atoms with Crippen molar-refractivity contribution in [2.45, 2.75) is 0 Å². The molecule has 3 rings (SSSR count). The number of imide groups is 1. The Morgan fingerprint density at radius 2 is 1.55 bits per heavy atom. The van der Waals surface area contributed by atoms with Crippen LogP contribution in [0, 0.1) is 0 Å². The van der Waals surface area contributed by atoms with Crippen molar-refractivity contribution in [3.05, 3.63) is 65.2 Å². The number of rotatable bonds is 3. The number of hydrogen-bond acceptors (Lipinski definition) is 3. The molecule has 0 atom stereocenters. The summed E-state index contributed by atoms with van der Waals surface area (Å²) in [6.45, 7) is 0. The fourth-order valence-corrected chi connectivity index (χ4v) is 2.67. The predicted octanol–water partition coefficient (Wildman–Crippen LogP) is 3.22. The maximum Gasteiger partial charge on any atom is 0.277 e. The van der Waals surface area contributed by atoms with Gasteiger partial charge in [0.1, 0.15) is 10.8 Å². The first-order valence-corrected chi connectivity index (χ1v) is 7.00. The molecule has 22 heavy (non-hydrogen) atoms. The van der Waals surface area contributed by atoms with Crippen molar-refractivity contribution in [2.24, 2.45) is 0 Å². The molecule has 0 spiro atoms. The molecule has 0 fully saturated rings. The zero-order chi connectivity index (χ0) is 15.7. The minimum atomic E-state index is -0.546. The van der Waals surface area contributed by atoms with E-state index in [1.165, 1.54) is 7.11 Å². The zero-order valence-electron chi connectivity index (χ0n) is 11.7. The van der Waals surface area contributed by atoms with E-state index in [1.54, 1.807) is 48.5 Å². The number of amides is 2. The van der Waals surface area contributed by atoms with Gasteiger partial charge in [-0.15, -0.1) is 0 Å². The van der Waals surface area contributed by atoms with Gasteiger partial charge in [-0.05, 0) is 17.7 Å². The van der Waals surface area contributed by atoms with Crippen molar-refractivity contribution < 1.29 is 14.3 Å². The summed E-state index contributed by atoms with van der Waals surface area (Å²) >= 11 is 6.13. The molecule has 0 aromatic heterocycles. The van der Waals surface area contributed by atoms with Crippen molar-refractivity contribution in [1.82, 2.24) is 0 Å². The van der Waals surface area contributed by atoms with Gasteiger partial charge in [0.15, 0.2) is 0 Å². The highest BCUT2D eigenvalue weighted by Crippen LogP contribution is 2.38. The monoisotopic (exact) mass is 313 g/mol. The Hall–Kier alpha value is -2.59. The van der Waals surface area contributed by atoms with Gasteiger partial charge in [-0.3, -0.25) is 9.59 Å². The smallest absolute Gasteiger partial charge is 0.277 e. The van der Waals surface area contributed by atoms with Gasteiger partial charge in [0, 0.05) is 0 Å². The molecular formula is C17H12ClNO3. The van der Waals surface area contributed by atoms with Gasteiger partial charge in [-0.25, -0.2) is 4.90 Å². The van der Waals surface area contributed by atoms with Gasteiger partial charge in [0.2, 0.25) is 0 Å². The van der Waals surface area contributed by atoms with Crippen molar-refractivity contribution >= 4 is 34.7 Å². The molecule has 0 saturated carbocycles. The normalized spacial score (nSPS) is 14.7. The fraction of sp³-hybridized carbons (Fsp3) is 0.0588. The van der Waals surface area contributed by atoms with Gasteiger partial charge in [0.25, 0.3) is 11.8 Å². The second-order valence-corrected chi connectivity index (χ2v) is 5.05. The molecule has 1 aliphatic heterocycles. The van der Waals surface area contributed by atoms with E-state index in [0.717, 1.165) is 4.90 Å². The lowest BCUT2D eigenvalue weighted by atomic mass is 10.1. The van der Waals surface area contributed by atoms with E-state index in [2.05, 4.69) is 0 Å². The van der Waals surface area contributed by atoms with Crippen LogP contribution in [0.25, 0.3) is 5.57 Å². The molecule has 0 unspecified atom stereocenters. The van der Waals surface area contributed by atoms with Crippen molar-refractivity contribution in [3.63, 3.8) is 0 Å². The van der Waals surface area contributed by atoms with E-state index < -0.39 is 11.8 Å². The van der Waals surface area contributed by atoms with Crippen LogP contribution in [0.4, 0.5) is 5.69 Å². The van der Waals surface area contributed by atoms with E-state index in [1.807, 2.05) is 6.07 Å². The van der Waals surface area contributed by atoms with Crippen LogP contribution in [-0.2, 0) is 9.59 Å². The standard InChI is InChI=1S/C17H12ClNO3/c1-22-13-10-6-5-9-12(13)19-16(20)14(15(18)17(19)21)11-7-3-2-4-8-11/h2-10H,1H3. The Bertz CT molecular complexity index is 784. The van der Waals surface area contributed by atoms with Crippen LogP contribution in [-0.4, -0.2) is 18.9 Å². The minimum absolute atomic E-state index is 0.0814. The lowest BCUT2D eigenvalue weighted by Crippen LogP contribution is -2.31. The SMILES string of the molecule is COc1ccccc1N1C(=O)C(Cl)=C(c2ccccc2)C1=O. The average Bonchev–Trinajstić information content (AvgIpc) is 2.78. The summed E-state index contributed by atoms with van der Waals surface area (Å²) < 4.78 is 5.22. The molecule has 2 aromatic rings. The molecular weight excluding hydrogens is 302 g/mol. The molecule has 1 heterocycles. The Morgan fingerprint density at radius 3 is 2.23 bits per heavy atom. The molecule has 2 amide bonds. The van der Waals surface area contributed by atoms with Crippen molar-refractivity contribution in [2.75, 3.05) is 12.0 Å². The number of methoxy groups -OCH3 is 1. The second kappa shape index (κ2) is 5.66. The summed E-state index contributed by atoms with van der Waals surface area (Å²) in [4.78, 5) is 26.2. The van der Waals surface area contributed by atoms with E-state index in [4.69, 9.17) is 16.3 Å². The topological polar surface area (TPSA) is 46.6 Å². The van der Waals surface area contributed by atoms with Gasteiger partial charge < -0.3 is 4.74 Å². The molecule has 0 bridgehead atoms. The van der Waals surface area contributed by atoms with Gasteiger partial charge in [0.05, 0.1) is 18.4 Å². The second-order valence-electron chi connectivity index (χ2n) is 4.67. The molecule has 2 aromatic carbocycles. The summed E-state index contributed by atoms with van der Waals surface area (Å²) in [6.07, 6.45) is 0. The van der Waals surface area contributed by atoms with Gasteiger partial charge in [-0.1, -0.05) is 54.1 Å². The largest absolute Gasteiger partial charge is 0.495 e. The first kappa shape index (κ1) is 14.4. The number of carbonyl (C=O) groups excluding carboxylic acids is 2. The quantitative estimate of drug-likeness (QED) is 0.817. The highest BCUT2D eigenvalue weighted by atomic mass is 35.5. The highest BCUT2D eigenvalue weighted by molar-refractivity contribution is 6.60. The number of anilines is 1. The summed E-state index contributed by atoms with van der Waals surface area (Å²) in [7, 11) is 1.48. The van der Waals surface area contributed by atoms with Crippen LogP contribution in [0.5, 0.6) is 5.75 Å².